The average Bonchev–Trinajstić information content (AvgIpc) is 2.51. The molecule has 21 heavy (non-hydrogen) atoms. The SMILES string of the molecule is N#CC(=CNc1ccc(I)cc1)C(=O)Nc1ccccc1. The number of benzene rings is 2. The Morgan fingerprint density at radius 2 is 1.71 bits per heavy atom. The molecule has 0 radical (unpaired) electrons. The van der Waals surface area contributed by atoms with Crippen LogP contribution in [0.25, 0.3) is 0 Å². The van der Waals surface area contributed by atoms with Crippen molar-refractivity contribution in [1.82, 2.24) is 0 Å². The van der Waals surface area contributed by atoms with Crippen LogP contribution in [0, 0.1) is 14.9 Å². The zero-order valence-electron chi connectivity index (χ0n) is 11.0. The van der Waals surface area contributed by atoms with Crippen molar-refractivity contribution < 1.29 is 4.79 Å². The molecule has 2 aromatic carbocycles. The van der Waals surface area contributed by atoms with Gasteiger partial charge in [-0.2, -0.15) is 5.26 Å². The second-order valence-corrected chi connectivity index (χ2v) is 5.39. The van der Waals surface area contributed by atoms with E-state index in [1.807, 2.05) is 48.5 Å². The summed E-state index contributed by atoms with van der Waals surface area (Å²) in [6, 6.07) is 18.5. The number of carbonyl (C=O) groups is 1. The number of halogens is 1. The maximum absolute atomic E-state index is 12.0. The van der Waals surface area contributed by atoms with E-state index in [0.717, 1.165) is 9.26 Å². The molecule has 0 atom stereocenters. The van der Waals surface area contributed by atoms with Gasteiger partial charge in [0.1, 0.15) is 11.6 Å². The number of amides is 1. The van der Waals surface area contributed by atoms with Crippen LogP contribution in [0.2, 0.25) is 0 Å². The summed E-state index contributed by atoms with van der Waals surface area (Å²) in [5.41, 5.74) is 1.48. The quantitative estimate of drug-likeness (QED) is 0.476. The third-order valence-electron chi connectivity index (χ3n) is 2.62. The lowest BCUT2D eigenvalue weighted by molar-refractivity contribution is -0.112. The molecule has 0 bridgehead atoms. The van der Waals surface area contributed by atoms with Crippen molar-refractivity contribution in [1.29, 1.82) is 5.26 Å². The molecule has 4 nitrogen and oxygen atoms in total. The maximum Gasteiger partial charge on any atom is 0.267 e. The molecule has 104 valence electrons. The summed E-state index contributed by atoms with van der Waals surface area (Å²) in [5.74, 6) is -0.443. The van der Waals surface area contributed by atoms with Gasteiger partial charge in [0.05, 0.1) is 0 Å². The monoisotopic (exact) mass is 389 g/mol. The van der Waals surface area contributed by atoms with Crippen LogP contribution in [0.15, 0.2) is 66.4 Å². The van der Waals surface area contributed by atoms with Crippen molar-refractivity contribution in [2.45, 2.75) is 0 Å². The molecule has 2 rings (SSSR count). The summed E-state index contributed by atoms with van der Waals surface area (Å²) in [4.78, 5) is 12.0. The normalized spacial score (nSPS) is 10.6. The highest BCUT2D eigenvalue weighted by Crippen LogP contribution is 2.12. The van der Waals surface area contributed by atoms with Crippen LogP contribution < -0.4 is 10.6 Å². The number of nitrogens with zero attached hydrogens (tertiary/aromatic N) is 1. The Hall–Kier alpha value is -2.33. The van der Waals surface area contributed by atoms with Crippen LogP contribution in [-0.4, -0.2) is 5.91 Å². The van der Waals surface area contributed by atoms with Gasteiger partial charge in [0, 0.05) is 21.1 Å². The summed E-state index contributed by atoms with van der Waals surface area (Å²) in [5, 5.41) is 14.7. The molecule has 2 N–H and O–H groups in total. The molecule has 1 amide bonds. The summed E-state index contributed by atoms with van der Waals surface area (Å²) in [6.45, 7) is 0. The van der Waals surface area contributed by atoms with E-state index in [1.165, 1.54) is 6.20 Å². The number of hydrogen-bond donors (Lipinski definition) is 2. The number of nitriles is 1. The van der Waals surface area contributed by atoms with Gasteiger partial charge in [-0.1, -0.05) is 18.2 Å². The van der Waals surface area contributed by atoms with Crippen LogP contribution in [0.1, 0.15) is 0 Å². The van der Waals surface area contributed by atoms with Crippen molar-refractivity contribution in [3.63, 3.8) is 0 Å². The number of carbonyl (C=O) groups excluding carboxylic acids is 1. The summed E-state index contributed by atoms with van der Waals surface area (Å²) < 4.78 is 1.12. The first kappa shape index (κ1) is 15.1. The molecule has 5 heteroatoms. The molecule has 0 aromatic heterocycles. The number of hydrogen-bond acceptors (Lipinski definition) is 3. The molecule has 0 unspecified atom stereocenters. The van der Waals surface area contributed by atoms with E-state index in [-0.39, 0.29) is 5.57 Å². The molecule has 0 saturated heterocycles. The van der Waals surface area contributed by atoms with E-state index in [1.54, 1.807) is 12.1 Å². The Morgan fingerprint density at radius 3 is 2.33 bits per heavy atom. The van der Waals surface area contributed by atoms with Crippen LogP contribution in [0.5, 0.6) is 0 Å². The lowest BCUT2D eigenvalue weighted by Gasteiger charge is -2.05. The van der Waals surface area contributed by atoms with E-state index in [0.29, 0.717) is 5.69 Å². The fraction of sp³-hybridized carbons (Fsp3) is 0. The van der Waals surface area contributed by atoms with Gasteiger partial charge in [-0.3, -0.25) is 4.79 Å². The Balaban J connectivity index is 2.05. The lowest BCUT2D eigenvalue weighted by Crippen LogP contribution is -2.14. The Bertz CT molecular complexity index is 688. The molecule has 0 heterocycles. The van der Waals surface area contributed by atoms with Crippen LogP contribution in [-0.2, 0) is 4.79 Å². The highest BCUT2D eigenvalue weighted by molar-refractivity contribution is 14.1. The fourth-order valence-corrected chi connectivity index (χ4v) is 1.93. The zero-order chi connectivity index (χ0) is 15.1. The smallest absolute Gasteiger partial charge is 0.267 e. The Labute approximate surface area is 136 Å². The maximum atomic E-state index is 12.0. The van der Waals surface area contributed by atoms with Gasteiger partial charge in [-0.15, -0.1) is 0 Å². The van der Waals surface area contributed by atoms with E-state index in [2.05, 4.69) is 33.2 Å². The molecule has 0 aliphatic rings. The number of anilines is 2. The van der Waals surface area contributed by atoms with E-state index < -0.39 is 5.91 Å². The second-order valence-electron chi connectivity index (χ2n) is 4.14. The third kappa shape index (κ3) is 4.61. The van der Waals surface area contributed by atoms with E-state index in [9.17, 15) is 4.79 Å². The van der Waals surface area contributed by atoms with Crippen molar-refractivity contribution in [3.05, 3.63) is 69.9 Å². The standard InChI is InChI=1S/C16H12IN3O/c17-13-6-8-14(9-7-13)19-11-12(10-18)16(21)20-15-4-2-1-3-5-15/h1-9,11,19H,(H,20,21). The van der Waals surface area contributed by atoms with Crippen molar-refractivity contribution in [3.8, 4) is 6.07 Å². The minimum Gasteiger partial charge on any atom is -0.360 e. The van der Waals surface area contributed by atoms with Crippen molar-refractivity contribution in [2.75, 3.05) is 10.6 Å². The van der Waals surface area contributed by atoms with Gasteiger partial charge >= 0.3 is 0 Å². The van der Waals surface area contributed by atoms with Gasteiger partial charge in [0.15, 0.2) is 0 Å². The van der Waals surface area contributed by atoms with Crippen molar-refractivity contribution >= 4 is 39.9 Å². The number of para-hydroxylation sites is 1. The molecule has 0 aliphatic heterocycles. The predicted octanol–water partition coefficient (Wildman–Crippen LogP) is 3.75. The van der Waals surface area contributed by atoms with Crippen LogP contribution in [0.4, 0.5) is 11.4 Å². The van der Waals surface area contributed by atoms with Crippen molar-refractivity contribution in [2.24, 2.45) is 0 Å². The Morgan fingerprint density at radius 1 is 1.05 bits per heavy atom. The minimum atomic E-state index is -0.443. The van der Waals surface area contributed by atoms with E-state index in [4.69, 9.17) is 5.26 Å². The average molecular weight is 389 g/mol. The molecular formula is C16H12IN3O. The van der Waals surface area contributed by atoms with Gasteiger partial charge in [0.2, 0.25) is 0 Å². The fourth-order valence-electron chi connectivity index (χ4n) is 1.57. The lowest BCUT2D eigenvalue weighted by atomic mass is 10.2. The van der Waals surface area contributed by atoms with Gasteiger partial charge in [0.25, 0.3) is 5.91 Å². The Kier molecular flexibility index (Phi) is 5.35. The first-order valence-corrected chi connectivity index (χ1v) is 7.25. The zero-order valence-corrected chi connectivity index (χ0v) is 13.2. The topological polar surface area (TPSA) is 64.9 Å². The molecule has 0 fully saturated rings. The molecule has 0 spiro atoms. The second kappa shape index (κ2) is 7.45. The molecule has 2 aromatic rings. The highest BCUT2D eigenvalue weighted by Gasteiger charge is 2.08. The van der Waals surface area contributed by atoms with Gasteiger partial charge < -0.3 is 10.6 Å². The first-order chi connectivity index (χ1) is 10.2. The summed E-state index contributed by atoms with van der Waals surface area (Å²) in [6.07, 6.45) is 1.40. The molecule has 0 saturated carbocycles. The van der Waals surface area contributed by atoms with Gasteiger partial charge in [-0.05, 0) is 59.0 Å². The van der Waals surface area contributed by atoms with Gasteiger partial charge in [-0.25, -0.2) is 0 Å². The number of nitrogens with one attached hydrogen (secondary N) is 2. The minimum absolute atomic E-state index is 0.0115. The van der Waals surface area contributed by atoms with Crippen LogP contribution >= 0.6 is 22.6 Å². The first-order valence-electron chi connectivity index (χ1n) is 6.18. The molecular weight excluding hydrogens is 377 g/mol. The van der Waals surface area contributed by atoms with E-state index >= 15 is 0 Å². The van der Waals surface area contributed by atoms with Crippen LogP contribution in [0.3, 0.4) is 0 Å². The summed E-state index contributed by atoms with van der Waals surface area (Å²) in [7, 11) is 0. The predicted molar refractivity (Wildman–Crippen MR) is 91.5 cm³/mol. The largest absolute Gasteiger partial charge is 0.360 e. The molecule has 0 aliphatic carbocycles. The summed E-state index contributed by atoms with van der Waals surface area (Å²) >= 11 is 2.21. The highest BCUT2D eigenvalue weighted by atomic mass is 127. The number of rotatable bonds is 4. The third-order valence-corrected chi connectivity index (χ3v) is 3.34.